The molecule has 0 unspecified atom stereocenters. The topological polar surface area (TPSA) is 71.0 Å². The molecule has 0 saturated heterocycles. The van der Waals surface area contributed by atoms with E-state index in [1.807, 2.05) is 67.1 Å². The van der Waals surface area contributed by atoms with Gasteiger partial charge in [0.1, 0.15) is 10.6 Å². The molecule has 0 aliphatic rings. The number of aryl methyl sites for hydroxylation is 4. The van der Waals surface area contributed by atoms with Gasteiger partial charge in [0.05, 0.1) is 35.9 Å². The van der Waals surface area contributed by atoms with Crippen molar-refractivity contribution in [1.29, 1.82) is 0 Å². The van der Waals surface area contributed by atoms with Crippen LogP contribution in [0.4, 0.5) is 0 Å². The first-order valence-corrected chi connectivity index (χ1v) is 12.2. The van der Waals surface area contributed by atoms with Crippen LogP contribution in [-0.4, -0.2) is 25.8 Å². The second-order valence-electron chi connectivity index (χ2n) is 8.55. The summed E-state index contributed by atoms with van der Waals surface area (Å²) in [5.74, 6) is 0.694. The molecule has 0 bridgehead atoms. The number of hydrogen-bond acceptors (Lipinski definition) is 5. The van der Waals surface area contributed by atoms with Gasteiger partial charge in [0.25, 0.3) is 5.56 Å². The van der Waals surface area contributed by atoms with Gasteiger partial charge in [-0.2, -0.15) is 0 Å². The van der Waals surface area contributed by atoms with Gasteiger partial charge in [-0.15, -0.1) is 11.3 Å². The Morgan fingerprint density at radius 2 is 1.80 bits per heavy atom. The van der Waals surface area contributed by atoms with Gasteiger partial charge >= 0.3 is 5.69 Å². The number of imidazole rings is 1. The standard InChI is InChI=1S/C27H26N4O3S/c1-6-18-7-10-20(11-8-18)31-25(32)23-17(3)24(35-26(23)29(4)27(31)33)19-9-12-21(22(13-19)34-5)30-14-16(2)28-15-30/h7-15H,6H2,1-5H3. The number of hydrogen-bond donors (Lipinski definition) is 0. The summed E-state index contributed by atoms with van der Waals surface area (Å²) in [6, 6.07) is 13.5. The maximum absolute atomic E-state index is 13.6. The van der Waals surface area contributed by atoms with Crippen LogP contribution in [0.2, 0.25) is 0 Å². The molecule has 5 rings (SSSR count). The molecule has 7 nitrogen and oxygen atoms in total. The Kier molecular flexibility index (Phi) is 5.68. The summed E-state index contributed by atoms with van der Waals surface area (Å²) in [6.45, 7) is 5.94. The molecule has 0 saturated carbocycles. The van der Waals surface area contributed by atoms with E-state index < -0.39 is 0 Å². The van der Waals surface area contributed by atoms with Crippen LogP contribution in [0.1, 0.15) is 23.7 Å². The van der Waals surface area contributed by atoms with Crippen LogP contribution in [0.5, 0.6) is 5.75 Å². The number of nitrogens with zero attached hydrogens (tertiary/aromatic N) is 4. The monoisotopic (exact) mass is 486 g/mol. The van der Waals surface area contributed by atoms with Crippen LogP contribution in [0, 0.1) is 13.8 Å². The van der Waals surface area contributed by atoms with Gasteiger partial charge in [0.2, 0.25) is 0 Å². The predicted octanol–water partition coefficient (Wildman–Crippen LogP) is 4.79. The van der Waals surface area contributed by atoms with E-state index in [4.69, 9.17) is 4.74 Å². The van der Waals surface area contributed by atoms with Crippen LogP contribution < -0.4 is 16.0 Å². The zero-order valence-corrected chi connectivity index (χ0v) is 21.1. The molecule has 0 N–H and O–H groups in total. The Morgan fingerprint density at radius 3 is 2.43 bits per heavy atom. The molecular weight excluding hydrogens is 460 g/mol. The van der Waals surface area contributed by atoms with Gasteiger partial charge in [-0.05, 0) is 61.2 Å². The van der Waals surface area contributed by atoms with Gasteiger partial charge in [-0.3, -0.25) is 9.36 Å². The summed E-state index contributed by atoms with van der Waals surface area (Å²) < 4.78 is 10.4. The maximum atomic E-state index is 13.6. The van der Waals surface area contributed by atoms with Crippen LogP contribution in [0.15, 0.2) is 64.6 Å². The predicted molar refractivity (Wildman–Crippen MR) is 141 cm³/mol. The van der Waals surface area contributed by atoms with E-state index in [1.54, 1.807) is 25.1 Å². The number of aromatic nitrogens is 4. The van der Waals surface area contributed by atoms with Gasteiger partial charge in [-0.25, -0.2) is 14.3 Å². The summed E-state index contributed by atoms with van der Waals surface area (Å²) >= 11 is 1.44. The SMILES string of the molecule is CCc1ccc(-n2c(=O)c3c(C)c(-c4ccc(-n5cnc(C)c5)c(OC)c4)sc3n(C)c2=O)cc1. The zero-order valence-electron chi connectivity index (χ0n) is 20.3. The minimum absolute atomic E-state index is 0.301. The number of rotatable bonds is 5. The van der Waals surface area contributed by atoms with Crippen molar-refractivity contribution in [3.63, 3.8) is 0 Å². The maximum Gasteiger partial charge on any atom is 0.336 e. The van der Waals surface area contributed by atoms with Gasteiger partial charge in [0, 0.05) is 18.1 Å². The molecule has 8 heteroatoms. The highest BCUT2D eigenvalue weighted by molar-refractivity contribution is 7.22. The van der Waals surface area contributed by atoms with Crippen LogP contribution in [-0.2, 0) is 13.5 Å². The molecule has 3 heterocycles. The van der Waals surface area contributed by atoms with E-state index in [-0.39, 0.29) is 11.2 Å². The Hall–Kier alpha value is -3.91. The molecule has 0 radical (unpaired) electrons. The number of ether oxygens (including phenoxy) is 1. The fraction of sp³-hybridized carbons (Fsp3) is 0.222. The number of fused-ring (bicyclic) bond motifs is 1. The van der Waals surface area contributed by atoms with Crippen molar-refractivity contribution in [2.24, 2.45) is 7.05 Å². The molecule has 2 aromatic carbocycles. The Morgan fingerprint density at radius 1 is 1.06 bits per heavy atom. The normalized spacial score (nSPS) is 11.3. The fourth-order valence-corrected chi connectivity index (χ4v) is 5.64. The average molecular weight is 487 g/mol. The van der Waals surface area contributed by atoms with Crippen molar-refractivity contribution in [2.45, 2.75) is 27.2 Å². The molecule has 178 valence electrons. The Labute approximate surface area is 206 Å². The third-order valence-electron chi connectivity index (χ3n) is 6.36. The Balaban J connectivity index is 1.70. The van der Waals surface area contributed by atoms with E-state index in [2.05, 4.69) is 11.9 Å². The van der Waals surface area contributed by atoms with Crippen molar-refractivity contribution in [2.75, 3.05) is 7.11 Å². The summed E-state index contributed by atoms with van der Waals surface area (Å²) in [4.78, 5) is 32.7. The van der Waals surface area contributed by atoms with Gasteiger partial charge < -0.3 is 9.30 Å². The summed E-state index contributed by atoms with van der Waals surface area (Å²) in [5, 5.41) is 0.556. The van der Waals surface area contributed by atoms with Crippen LogP contribution >= 0.6 is 11.3 Å². The van der Waals surface area contributed by atoms with Crippen molar-refractivity contribution >= 4 is 21.6 Å². The molecule has 0 atom stereocenters. The lowest BCUT2D eigenvalue weighted by Gasteiger charge is -2.11. The largest absolute Gasteiger partial charge is 0.495 e. The molecule has 0 aliphatic heterocycles. The number of benzene rings is 2. The molecule has 5 aromatic rings. The van der Waals surface area contributed by atoms with Gasteiger partial charge in [-0.1, -0.05) is 25.1 Å². The van der Waals surface area contributed by atoms with Gasteiger partial charge in [0.15, 0.2) is 0 Å². The first-order chi connectivity index (χ1) is 16.8. The number of thiophene rings is 1. The molecule has 35 heavy (non-hydrogen) atoms. The van der Waals surface area contributed by atoms with Crippen molar-refractivity contribution in [1.82, 2.24) is 18.7 Å². The quantitative estimate of drug-likeness (QED) is 0.358. The average Bonchev–Trinajstić information content (AvgIpc) is 3.46. The molecule has 0 aliphatic carbocycles. The van der Waals surface area contributed by atoms with E-state index in [9.17, 15) is 9.59 Å². The molecular formula is C27H26N4O3S. The second-order valence-corrected chi connectivity index (χ2v) is 9.55. The smallest absolute Gasteiger partial charge is 0.336 e. The molecule has 0 spiro atoms. The van der Waals surface area contributed by atoms with E-state index in [1.165, 1.54) is 15.9 Å². The summed E-state index contributed by atoms with van der Waals surface area (Å²) in [6.07, 6.45) is 4.58. The van der Waals surface area contributed by atoms with E-state index in [0.29, 0.717) is 21.7 Å². The van der Waals surface area contributed by atoms with E-state index in [0.717, 1.165) is 39.4 Å². The summed E-state index contributed by atoms with van der Waals surface area (Å²) in [5.41, 5.74) is 4.62. The number of methoxy groups -OCH3 is 1. The lowest BCUT2D eigenvalue weighted by atomic mass is 10.1. The van der Waals surface area contributed by atoms with Crippen LogP contribution in [0.25, 0.3) is 32.0 Å². The highest BCUT2D eigenvalue weighted by Crippen LogP contribution is 2.39. The minimum Gasteiger partial charge on any atom is -0.495 e. The molecule has 0 fully saturated rings. The minimum atomic E-state index is -0.358. The van der Waals surface area contributed by atoms with Crippen LogP contribution in [0.3, 0.4) is 0 Å². The third kappa shape index (κ3) is 3.70. The first kappa shape index (κ1) is 22.9. The molecule has 0 amide bonds. The highest BCUT2D eigenvalue weighted by Gasteiger charge is 2.21. The summed E-state index contributed by atoms with van der Waals surface area (Å²) in [7, 11) is 3.35. The van der Waals surface area contributed by atoms with Crippen molar-refractivity contribution < 1.29 is 4.74 Å². The van der Waals surface area contributed by atoms with Crippen molar-refractivity contribution in [3.05, 3.63) is 92.6 Å². The fourth-order valence-electron chi connectivity index (χ4n) is 4.39. The van der Waals surface area contributed by atoms with Crippen molar-refractivity contribution in [3.8, 4) is 27.6 Å². The second kappa shape index (κ2) is 8.70. The zero-order chi connectivity index (χ0) is 24.9. The molecule has 3 aromatic heterocycles. The Bertz CT molecular complexity index is 1690. The highest BCUT2D eigenvalue weighted by atomic mass is 32.1. The third-order valence-corrected chi connectivity index (χ3v) is 7.78. The first-order valence-electron chi connectivity index (χ1n) is 11.4. The lowest BCUT2D eigenvalue weighted by Crippen LogP contribution is -2.37. The lowest BCUT2D eigenvalue weighted by molar-refractivity contribution is 0.413. The van der Waals surface area contributed by atoms with E-state index >= 15 is 0 Å².